The van der Waals surface area contributed by atoms with E-state index in [1.54, 1.807) is 0 Å². The number of nitrogens with two attached hydrogens (primary N) is 1. The van der Waals surface area contributed by atoms with Crippen molar-refractivity contribution in [2.75, 3.05) is 19.8 Å². The molecule has 2 rings (SSSR count). The third kappa shape index (κ3) is 5.30. The van der Waals surface area contributed by atoms with Crippen molar-refractivity contribution >= 4 is 0 Å². The zero-order valence-corrected chi connectivity index (χ0v) is 13.0. The van der Waals surface area contributed by atoms with E-state index in [9.17, 15) is 0 Å². The van der Waals surface area contributed by atoms with E-state index in [-0.39, 0.29) is 6.04 Å². The number of nitrogens with one attached hydrogen (secondary N) is 1. The normalized spacial score (nSPS) is 17.6. The molecule has 1 aliphatic heterocycles. The van der Waals surface area contributed by atoms with Crippen LogP contribution in [0.5, 0.6) is 5.75 Å². The van der Waals surface area contributed by atoms with Gasteiger partial charge in [-0.1, -0.05) is 25.5 Å². The average molecular weight is 292 g/mol. The molecule has 0 radical (unpaired) electrons. The van der Waals surface area contributed by atoms with Gasteiger partial charge in [0.15, 0.2) is 0 Å². The van der Waals surface area contributed by atoms with Gasteiger partial charge in [-0.25, -0.2) is 0 Å². The zero-order valence-electron chi connectivity index (χ0n) is 13.0. The van der Waals surface area contributed by atoms with Gasteiger partial charge in [0.1, 0.15) is 5.75 Å². The summed E-state index contributed by atoms with van der Waals surface area (Å²) >= 11 is 0. The summed E-state index contributed by atoms with van der Waals surface area (Å²) in [5, 5.41) is 0. The predicted molar refractivity (Wildman–Crippen MR) is 85.1 cm³/mol. The highest BCUT2D eigenvalue weighted by molar-refractivity contribution is 5.29. The number of hydrogen-bond acceptors (Lipinski definition) is 4. The lowest BCUT2D eigenvalue weighted by atomic mass is 9.90. The van der Waals surface area contributed by atoms with Crippen LogP contribution in [0.1, 0.15) is 50.6 Å². The fraction of sp³-hybridized carbons (Fsp3) is 0.647. The zero-order chi connectivity index (χ0) is 14.9. The summed E-state index contributed by atoms with van der Waals surface area (Å²) in [6.07, 6.45) is 5.59. The molecule has 1 aromatic rings. The lowest BCUT2D eigenvalue weighted by Crippen LogP contribution is -2.31. The molecule has 1 unspecified atom stereocenters. The summed E-state index contributed by atoms with van der Waals surface area (Å²) in [5.74, 6) is 7.38. The molecule has 21 heavy (non-hydrogen) atoms. The van der Waals surface area contributed by atoms with Crippen molar-refractivity contribution in [3.05, 3.63) is 29.8 Å². The van der Waals surface area contributed by atoms with Gasteiger partial charge in [-0.15, -0.1) is 0 Å². The molecule has 0 spiro atoms. The molecule has 4 nitrogen and oxygen atoms in total. The summed E-state index contributed by atoms with van der Waals surface area (Å²) in [7, 11) is 0. The molecule has 1 atom stereocenters. The van der Waals surface area contributed by atoms with Crippen LogP contribution in [0.3, 0.4) is 0 Å². The standard InChI is InChI=1S/C17H28N2O2/c1-2-3-10-21-16-6-4-15(5-7-16)17(19-18)13-14-8-11-20-12-9-14/h4-7,14,17,19H,2-3,8-13,18H2,1H3. The molecule has 1 aliphatic rings. The Hall–Kier alpha value is -1.10. The van der Waals surface area contributed by atoms with Crippen LogP contribution < -0.4 is 16.0 Å². The summed E-state index contributed by atoms with van der Waals surface area (Å²) in [6, 6.07) is 8.52. The van der Waals surface area contributed by atoms with Gasteiger partial charge in [-0.2, -0.15) is 0 Å². The predicted octanol–water partition coefficient (Wildman–Crippen LogP) is 3.19. The summed E-state index contributed by atoms with van der Waals surface area (Å²) in [6.45, 7) is 4.72. The lowest BCUT2D eigenvalue weighted by Gasteiger charge is -2.26. The Bertz CT molecular complexity index is 388. The van der Waals surface area contributed by atoms with Gasteiger partial charge in [-0.3, -0.25) is 11.3 Å². The third-order valence-corrected chi connectivity index (χ3v) is 4.16. The van der Waals surface area contributed by atoms with Crippen LogP contribution in [0, 0.1) is 5.92 Å². The maximum Gasteiger partial charge on any atom is 0.119 e. The van der Waals surface area contributed by atoms with Crippen molar-refractivity contribution in [1.82, 2.24) is 5.43 Å². The molecular weight excluding hydrogens is 264 g/mol. The second-order valence-electron chi connectivity index (χ2n) is 5.78. The Labute approximate surface area is 128 Å². The molecule has 1 saturated heterocycles. The van der Waals surface area contributed by atoms with Gasteiger partial charge in [-0.05, 0) is 49.3 Å². The quantitative estimate of drug-likeness (QED) is 0.439. The molecule has 3 N–H and O–H groups in total. The molecule has 0 bridgehead atoms. The smallest absolute Gasteiger partial charge is 0.119 e. The fourth-order valence-electron chi connectivity index (χ4n) is 2.75. The van der Waals surface area contributed by atoms with Gasteiger partial charge in [0, 0.05) is 19.3 Å². The number of hydrazine groups is 1. The minimum Gasteiger partial charge on any atom is -0.494 e. The highest BCUT2D eigenvalue weighted by Gasteiger charge is 2.19. The third-order valence-electron chi connectivity index (χ3n) is 4.16. The van der Waals surface area contributed by atoms with Crippen LogP contribution in [0.15, 0.2) is 24.3 Å². The van der Waals surface area contributed by atoms with Gasteiger partial charge in [0.05, 0.1) is 6.61 Å². The van der Waals surface area contributed by atoms with E-state index in [4.69, 9.17) is 15.3 Å². The molecule has 1 aromatic carbocycles. The first-order valence-electron chi connectivity index (χ1n) is 8.10. The number of unbranched alkanes of at least 4 members (excludes halogenated alkanes) is 1. The van der Waals surface area contributed by atoms with Crippen molar-refractivity contribution in [2.45, 2.75) is 45.1 Å². The fourth-order valence-corrected chi connectivity index (χ4v) is 2.75. The minimum absolute atomic E-state index is 0.206. The molecule has 0 aromatic heterocycles. The van der Waals surface area contributed by atoms with Crippen molar-refractivity contribution in [1.29, 1.82) is 0 Å². The van der Waals surface area contributed by atoms with Crippen molar-refractivity contribution in [2.24, 2.45) is 11.8 Å². The van der Waals surface area contributed by atoms with Crippen LogP contribution in [0.25, 0.3) is 0 Å². The van der Waals surface area contributed by atoms with Crippen LogP contribution in [0.2, 0.25) is 0 Å². The number of rotatable bonds is 8. The van der Waals surface area contributed by atoms with E-state index >= 15 is 0 Å². The van der Waals surface area contributed by atoms with Crippen LogP contribution in [0.4, 0.5) is 0 Å². The molecule has 118 valence electrons. The van der Waals surface area contributed by atoms with Gasteiger partial charge >= 0.3 is 0 Å². The largest absolute Gasteiger partial charge is 0.494 e. The Balaban J connectivity index is 1.88. The van der Waals surface area contributed by atoms with Crippen molar-refractivity contribution < 1.29 is 9.47 Å². The first kappa shape index (κ1) is 16.3. The average Bonchev–Trinajstić information content (AvgIpc) is 2.55. The van der Waals surface area contributed by atoms with Gasteiger partial charge < -0.3 is 9.47 Å². The SMILES string of the molecule is CCCCOc1ccc(C(CC2CCOCC2)NN)cc1. The van der Waals surface area contributed by atoms with E-state index in [0.717, 1.165) is 57.7 Å². The summed E-state index contributed by atoms with van der Waals surface area (Å²) < 4.78 is 11.1. The summed E-state index contributed by atoms with van der Waals surface area (Å²) in [5.41, 5.74) is 4.18. The second kappa shape index (κ2) is 9.03. The van der Waals surface area contributed by atoms with Crippen molar-refractivity contribution in [3.8, 4) is 5.75 Å². The molecule has 0 aliphatic carbocycles. The number of ether oxygens (including phenoxy) is 2. The number of hydrogen-bond donors (Lipinski definition) is 2. The van der Waals surface area contributed by atoms with E-state index in [2.05, 4.69) is 24.5 Å². The van der Waals surface area contributed by atoms with Crippen LogP contribution >= 0.6 is 0 Å². The lowest BCUT2D eigenvalue weighted by molar-refractivity contribution is 0.0605. The van der Waals surface area contributed by atoms with E-state index in [0.29, 0.717) is 5.92 Å². The summed E-state index contributed by atoms with van der Waals surface area (Å²) in [4.78, 5) is 0. The maximum absolute atomic E-state index is 5.75. The van der Waals surface area contributed by atoms with Crippen LogP contribution in [-0.4, -0.2) is 19.8 Å². The van der Waals surface area contributed by atoms with Gasteiger partial charge in [0.25, 0.3) is 0 Å². The van der Waals surface area contributed by atoms with Crippen molar-refractivity contribution in [3.63, 3.8) is 0 Å². The van der Waals surface area contributed by atoms with E-state index < -0.39 is 0 Å². The topological polar surface area (TPSA) is 56.5 Å². The molecule has 0 saturated carbocycles. The molecule has 1 heterocycles. The van der Waals surface area contributed by atoms with Gasteiger partial charge in [0.2, 0.25) is 0 Å². The first-order chi connectivity index (χ1) is 10.3. The Kier molecular flexibility index (Phi) is 7.00. The molecule has 0 amide bonds. The molecular formula is C17H28N2O2. The van der Waals surface area contributed by atoms with E-state index in [1.165, 1.54) is 5.56 Å². The second-order valence-corrected chi connectivity index (χ2v) is 5.78. The Morgan fingerprint density at radius 2 is 2.00 bits per heavy atom. The molecule has 1 fully saturated rings. The highest BCUT2D eigenvalue weighted by atomic mass is 16.5. The minimum atomic E-state index is 0.206. The highest BCUT2D eigenvalue weighted by Crippen LogP contribution is 2.28. The van der Waals surface area contributed by atoms with Crippen LogP contribution in [-0.2, 0) is 4.74 Å². The van der Waals surface area contributed by atoms with E-state index in [1.807, 2.05) is 12.1 Å². The molecule has 4 heteroatoms. The first-order valence-corrected chi connectivity index (χ1v) is 8.10. The number of benzene rings is 1. The maximum atomic E-state index is 5.75. The Morgan fingerprint density at radius 1 is 1.29 bits per heavy atom. The Morgan fingerprint density at radius 3 is 2.62 bits per heavy atom. The monoisotopic (exact) mass is 292 g/mol.